The number of primary amides is 1. The van der Waals surface area contributed by atoms with Crippen molar-refractivity contribution < 1.29 is 9.18 Å². The number of carbonyl (C=O) groups excluding carboxylic acids is 1. The molecule has 0 aliphatic heterocycles. The van der Waals surface area contributed by atoms with Crippen molar-refractivity contribution in [3.05, 3.63) is 51.5 Å². The molecule has 3 N–H and O–H groups in total. The number of carbonyl (C=O) groups is 1. The molecule has 0 atom stereocenters. The summed E-state index contributed by atoms with van der Waals surface area (Å²) in [5, 5.41) is 7.10. The highest BCUT2D eigenvalue weighted by Gasteiger charge is 2.10. The van der Waals surface area contributed by atoms with Gasteiger partial charge < -0.3 is 11.1 Å². The maximum atomic E-state index is 13.6. The minimum absolute atomic E-state index is 0.172. The molecule has 1 aromatic heterocycles. The average Bonchev–Trinajstić information content (AvgIpc) is 2.83. The molecule has 1 amide bonds. The van der Waals surface area contributed by atoms with Crippen molar-refractivity contribution in [2.75, 3.05) is 5.32 Å². The third kappa shape index (κ3) is 2.68. The molecule has 3 nitrogen and oxygen atoms in total. The molecular formula is C13H13FN2OS. The van der Waals surface area contributed by atoms with E-state index in [0.29, 0.717) is 17.8 Å². The molecule has 0 fully saturated rings. The van der Waals surface area contributed by atoms with Gasteiger partial charge in [-0.3, -0.25) is 4.79 Å². The van der Waals surface area contributed by atoms with E-state index in [-0.39, 0.29) is 5.56 Å². The lowest BCUT2D eigenvalue weighted by molar-refractivity contribution is 0.1000. The molecule has 1 aromatic carbocycles. The molecule has 0 bridgehead atoms. The number of halogens is 1. The Morgan fingerprint density at radius 2 is 2.28 bits per heavy atom. The van der Waals surface area contributed by atoms with E-state index in [4.69, 9.17) is 5.73 Å². The number of thiophene rings is 1. The van der Waals surface area contributed by atoms with Crippen molar-refractivity contribution >= 4 is 22.9 Å². The molecule has 0 aliphatic carbocycles. The SMILES string of the molecule is Cc1c(F)cc(C(N)=O)cc1NCc1ccsc1. The lowest BCUT2D eigenvalue weighted by Gasteiger charge is -2.11. The fourth-order valence-corrected chi connectivity index (χ4v) is 2.26. The topological polar surface area (TPSA) is 55.1 Å². The standard InChI is InChI=1S/C13H13FN2OS/c1-8-11(14)4-10(13(15)17)5-12(8)16-6-9-2-3-18-7-9/h2-5,7,16H,6H2,1H3,(H2,15,17). The largest absolute Gasteiger partial charge is 0.381 e. The maximum Gasteiger partial charge on any atom is 0.248 e. The molecule has 18 heavy (non-hydrogen) atoms. The number of nitrogens with two attached hydrogens (primary N) is 1. The van der Waals surface area contributed by atoms with Gasteiger partial charge in [-0.15, -0.1) is 0 Å². The Balaban J connectivity index is 2.23. The van der Waals surface area contributed by atoms with Crippen molar-refractivity contribution in [3.63, 3.8) is 0 Å². The second-order valence-electron chi connectivity index (χ2n) is 3.98. The Kier molecular flexibility index (Phi) is 3.62. The van der Waals surface area contributed by atoms with Crippen molar-refractivity contribution in [3.8, 4) is 0 Å². The predicted molar refractivity (Wildman–Crippen MR) is 71.3 cm³/mol. The Morgan fingerprint density at radius 3 is 2.89 bits per heavy atom. The van der Waals surface area contributed by atoms with Crippen LogP contribution in [0.2, 0.25) is 0 Å². The lowest BCUT2D eigenvalue weighted by atomic mass is 10.1. The van der Waals surface area contributed by atoms with Gasteiger partial charge in [0.1, 0.15) is 5.82 Å². The van der Waals surface area contributed by atoms with Crippen LogP contribution >= 0.6 is 11.3 Å². The van der Waals surface area contributed by atoms with Gasteiger partial charge in [-0.05, 0) is 41.4 Å². The molecule has 0 unspecified atom stereocenters. The smallest absolute Gasteiger partial charge is 0.248 e. The summed E-state index contributed by atoms with van der Waals surface area (Å²) < 4.78 is 13.6. The molecule has 0 spiro atoms. The van der Waals surface area contributed by atoms with Gasteiger partial charge >= 0.3 is 0 Å². The normalized spacial score (nSPS) is 10.3. The van der Waals surface area contributed by atoms with E-state index in [9.17, 15) is 9.18 Å². The van der Waals surface area contributed by atoms with Crippen LogP contribution in [0.25, 0.3) is 0 Å². The fourth-order valence-electron chi connectivity index (χ4n) is 1.60. The number of amides is 1. The molecule has 94 valence electrons. The first-order chi connectivity index (χ1) is 8.58. The molecule has 0 radical (unpaired) electrons. The van der Waals surface area contributed by atoms with E-state index in [0.717, 1.165) is 11.6 Å². The van der Waals surface area contributed by atoms with E-state index in [1.54, 1.807) is 24.3 Å². The van der Waals surface area contributed by atoms with Crippen LogP contribution in [0.15, 0.2) is 29.0 Å². The van der Waals surface area contributed by atoms with E-state index < -0.39 is 11.7 Å². The van der Waals surface area contributed by atoms with Gasteiger partial charge in [0.05, 0.1) is 0 Å². The van der Waals surface area contributed by atoms with Gasteiger partial charge in [-0.1, -0.05) is 0 Å². The quantitative estimate of drug-likeness (QED) is 0.892. The summed E-state index contributed by atoms with van der Waals surface area (Å²) in [5.74, 6) is -1.06. The lowest BCUT2D eigenvalue weighted by Crippen LogP contribution is -2.13. The van der Waals surface area contributed by atoms with Gasteiger partial charge in [0.2, 0.25) is 5.91 Å². The zero-order valence-electron chi connectivity index (χ0n) is 9.87. The van der Waals surface area contributed by atoms with Gasteiger partial charge in [0.25, 0.3) is 0 Å². The van der Waals surface area contributed by atoms with Crippen molar-refractivity contribution in [2.24, 2.45) is 5.73 Å². The Bertz CT molecular complexity index is 567. The molecule has 5 heteroatoms. The average molecular weight is 264 g/mol. The number of hydrogen-bond acceptors (Lipinski definition) is 3. The fraction of sp³-hybridized carbons (Fsp3) is 0.154. The molecule has 1 heterocycles. The van der Waals surface area contributed by atoms with E-state index >= 15 is 0 Å². The van der Waals surface area contributed by atoms with Crippen LogP contribution in [0.5, 0.6) is 0 Å². The maximum absolute atomic E-state index is 13.6. The highest BCUT2D eigenvalue weighted by molar-refractivity contribution is 7.07. The molecule has 0 saturated heterocycles. The molecular weight excluding hydrogens is 251 g/mol. The highest BCUT2D eigenvalue weighted by atomic mass is 32.1. The monoisotopic (exact) mass is 264 g/mol. The second-order valence-corrected chi connectivity index (χ2v) is 4.76. The number of anilines is 1. The summed E-state index contributed by atoms with van der Waals surface area (Å²) in [7, 11) is 0. The van der Waals surface area contributed by atoms with Crippen LogP contribution < -0.4 is 11.1 Å². The summed E-state index contributed by atoms with van der Waals surface area (Å²) in [6.07, 6.45) is 0. The summed E-state index contributed by atoms with van der Waals surface area (Å²) in [5.41, 5.74) is 7.52. The molecule has 0 aliphatic rings. The Hall–Kier alpha value is -1.88. The van der Waals surface area contributed by atoms with Crippen LogP contribution in [-0.4, -0.2) is 5.91 Å². The number of benzene rings is 1. The molecule has 2 aromatic rings. The van der Waals surface area contributed by atoms with Crippen molar-refractivity contribution in [1.29, 1.82) is 0 Å². The van der Waals surface area contributed by atoms with Crippen LogP contribution in [0, 0.1) is 12.7 Å². The van der Waals surface area contributed by atoms with Gasteiger partial charge in [0.15, 0.2) is 0 Å². The van der Waals surface area contributed by atoms with E-state index in [1.165, 1.54) is 0 Å². The number of hydrogen-bond donors (Lipinski definition) is 2. The van der Waals surface area contributed by atoms with Crippen LogP contribution in [-0.2, 0) is 6.54 Å². The van der Waals surface area contributed by atoms with E-state index in [2.05, 4.69) is 5.32 Å². The Labute approximate surface area is 108 Å². The number of rotatable bonds is 4. The number of nitrogens with one attached hydrogen (secondary N) is 1. The van der Waals surface area contributed by atoms with E-state index in [1.807, 2.05) is 16.8 Å². The summed E-state index contributed by atoms with van der Waals surface area (Å²) in [6.45, 7) is 2.25. The summed E-state index contributed by atoms with van der Waals surface area (Å²) in [4.78, 5) is 11.1. The third-order valence-corrected chi connectivity index (χ3v) is 3.42. The first kappa shape index (κ1) is 12.6. The minimum Gasteiger partial charge on any atom is -0.381 e. The van der Waals surface area contributed by atoms with Crippen LogP contribution in [0.4, 0.5) is 10.1 Å². The first-order valence-corrected chi connectivity index (χ1v) is 6.37. The second kappa shape index (κ2) is 5.18. The molecule has 0 saturated carbocycles. The van der Waals surface area contributed by atoms with Crippen LogP contribution in [0.1, 0.15) is 21.5 Å². The van der Waals surface area contributed by atoms with Gasteiger partial charge in [-0.2, -0.15) is 11.3 Å². The van der Waals surface area contributed by atoms with Crippen molar-refractivity contribution in [2.45, 2.75) is 13.5 Å². The Morgan fingerprint density at radius 1 is 1.50 bits per heavy atom. The predicted octanol–water partition coefficient (Wildman–Crippen LogP) is 2.91. The zero-order valence-corrected chi connectivity index (χ0v) is 10.7. The minimum atomic E-state index is -0.632. The molecule has 2 rings (SSSR count). The van der Waals surface area contributed by atoms with Gasteiger partial charge in [0, 0.05) is 23.4 Å². The van der Waals surface area contributed by atoms with Crippen molar-refractivity contribution in [1.82, 2.24) is 0 Å². The first-order valence-electron chi connectivity index (χ1n) is 5.43. The third-order valence-electron chi connectivity index (χ3n) is 2.69. The van der Waals surface area contributed by atoms with Crippen LogP contribution in [0.3, 0.4) is 0 Å². The zero-order chi connectivity index (χ0) is 13.1. The summed E-state index contributed by atoms with van der Waals surface area (Å²) in [6, 6.07) is 4.72. The summed E-state index contributed by atoms with van der Waals surface area (Å²) >= 11 is 1.60. The van der Waals surface area contributed by atoms with Gasteiger partial charge in [-0.25, -0.2) is 4.39 Å². The highest BCUT2D eigenvalue weighted by Crippen LogP contribution is 2.21.